The van der Waals surface area contributed by atoms with E-state index in [1.807, 2.05) is 24.6 Å². The van der Waals surface area contributed by atoms with E-state index in [0.29, 0.717) is 29.3 Å². The van der Waals surface area contributed by atoms with Crippen molar-refractivity contribution in [1.82, 2.24) is 14.5 Å². The Bertz CT molecular complexity index is 704. The molecule has 0 unspecified atom stereocenters. The van der Waals surface area contributed by atoms with Gasteiger partial charge in [-0.1, -0.05) is 0 Å². The number of aromatic nitrogens is 2. The lowest BCUT2D eigenvalue weighted by Crippen LogP contribution is -2.26. The molecule has 6 nitrogen and oxygen atoms in total. The van der Waals surface area contributed by atoms with Crippen LogP contribution in [0.4, 0.5) is 0 Å². The van der Waals surface area contributed by atoms with Crippen LogP contribution in [0.1, 0.15) is 22.7 Å². The van der Waals surface area contributed by atoms with E-state index in [-0.39, 0.29) is 6.54 Å². The van der Waals surface area contributed by atoms with Gasteiger partial charge in [0.15, 0.2) is 0 Å². The lowest BCUT2D eigenvalue weighted by molar-refractivity contribution is 0.544. The molecule has 0 radical (unpaired) electrons. The minimum Gasteiger partial charge on any atom is -0.326 e. The number of nitrogens with zero attached hydrogens (tertiary/aromatic N) is 2. The van der Waals surface area contributed by atoms with Gasteiger partial charge in [-0.05, 0) is 37.8 Å². The Morgan fingerprint density at radius 1 is 1.43 bits per heavy atom. The molecule has 2 aromatic rings. The van der Waals surface area contributed by atoms with Crippen molar-refractivity contribution in [1.29, 1.82) is 0 Å². The summed E-state index contributed by atoms with van der Waals surface area (Å²) in [6.07, 6.45) is 0.684. The van der Waals surface area contributed by atoms with Crippen LogP contribution in [0, 0.1) is 13.8 Å². The molecule has 2 heterocycles. The number of aryl methyl sites for hydroxylation is 3. The fourth-order valence-corrected chi connectivity index (χ4v) is 4.54. The Morgan fingerprint density at radius 2 is 2.19 bits per heavy atom. The van der Waals surface area contributed by atoms with Gasteiger partial charge in [0.2, 0.25) is 10.0 Å². The summed E-state index contributed by atoms with van der Waals surface area (Å²) in [5.41, 5.74) is 7.60. The first kappa shape index (κ1) is 16.2. The Hall–Kier alpha value is -1.22. The second-order valence-corrected chi connectivity index (χ2v) is 7.55. The molecule has 0 aliphatic heterocycles. The summed E-state index contributed by atoms with van der Waals surface area (Å²) >= 11 is 1.36. The molecule has 0 saturated carbocycles. The van der Waals surface area contributed by atoms with Crippen molar-refractivity contribution in [2.75, 3.05) is 6.54 Å². The zero-order valence-corrected chi connectivity index (χ0v) is 13.8. The maximum absolute atomic E-state index is 12.2. The average Bonchev–Trinajstić information content (AvgIpc) is 3.01. The van der Waals surface area contributed by atoms with Crippen LogP contribution in [-0.2, 0) is 23.1 Å². The van der Waals surface area contributed by atoms with Crippen LogP contribution in [0.2, 0.25) is 0 Å². The number of nitrogens with two attached hydrogens (primary N) is 1. The number of sulfonamides is 1. The van der Waals surface area contributed by atoms with Crippen molar-refractivity contribution in [3.63, 3.8) is 0 Å². The van der Waals surface area contributed by atoms with E-state index in [0.717, 1.165) is 11.4 Å². The first-order valence-corrected chi connectivity index (χ1v) is 9.07. The van der Waals surface area contributed by atoms with Crippen LogP contribution >= 0.6 is 11.3 Å². The molecule has 0 amide bonds. The van der Waals surface area contributed by atoms with Crippen LogP contribution in [0.5, 0.6) is 0 Å². The largest absolute Gasteiger partial charge is 0.326 e. The van der Waals surface area contributed by atoms with E-state index < -0.39 is 10.0 Å². The minimum atomic E-state index is -3.47. The molecule has 0 aliphatic rings. The molecular formula is C13H20N4O2S2. The Kier molecular flexibility index (Phi) is 5.15. The molecule has 8 heteroatoms. The van der Waals surface area contributed by atoms with Crippen LogP contribution in [0.3, 0.4) is 0 Å². The van der Waals surface area contributed by atoms with E-state index in [1.54, 1.807) is 11.4 Å². The average molecular weight is 328 g/mol. The van der Waals surface area contributed by atoms with Crippen LogP contribution in [-0.4, -0.2) is 24.7 Å². The van der Waals surface area contributed by atoms with E-state index in [1.165, 1.54) is 11.3 Å². The first-order valence-electron chi connectivity index (χ1n) is 6.71. The molecule has 3 N–H and O–H groups in total. The normalized spacial score (nSPS) is 12.0. The SMILES string of the molecule is Cc1cc(C)n(CCCNS(=O)(=O)c2ccsc2CN)n1. The van der Waals surface area contributed by atoms with Gasteiger partial charge in [0.1, 0.15) is 0 Å². The molecule has 2 rings (SSSR count). The fourth-order valence-electron chi connectivity index (χ4n) is 2.13. The number of thiophene rings is 1. The van der Waals surface area contributed by atoms with Crippen LogP contribution in [0.25, 0.3) is 0 Å². The van der Waals surface area contributed by atoms with Gasteiger partial charge in [0.25, 0.3) is 0 Å². The Morgan fingerprint density at radius 3 is 2.81 bits per heavy atom. The third-order valence-corrected chi connectivity index (χ3v) is 5.74. The highest BCUT2D eigenvalue weighted by molar-refractivity contribution is 7.89. The number of rotatable bonds is 7. The maximum atomic E-state index is 12.2. The lowest BCUT2D eigenvalue weighted by Gasteiger charge is -2.08. The lowest BCUT2D eigenvalue weighted by atomic mass is 10.4. The number of nitrogens with one attached hydrogen (secondary N) is 1. The molecule has 116 valence electrons. The quantitative estimate of drug-likeness (QED) is 0.752. The standard InChI is InChI=1S/C13H20N4O2S2/c1-10-8-11(2)17(16-10)6-3-5-15-21(18,19)13-4-7-20-12(13)9-14/h4,7-8,15H,3,5-6,9,14H2,1-2H3. The first-order chi connectivity index (χ1) is 9.94. The molecule has 2 aromatic heterocycles. The zero-order valence-electron chi connectivity index (χ0n) is 12.2. The van der Waals surface area contributed by atoms with Gasteiger partial charge in [-0.25, -0.2) is 13.1 Å². The van der Waals surface area contributed by atoms with Crippen LogP contribution < -0.4 is 10.5 Å². The van der Waals surface area contributed by atoms with Gasteiger partial charge in [-0.15, -0.1) is 11.3 Å². The summed E-state index contributed by atoms with van der Waals surface area (Å²) in [5, 5.41) is 6.09. The van der Waals surface area contributed by atoms with Crippen molar-refractivity contribution in [2.24, 2.45) is 5.73 Å². The van der Waals surface area contributed by atoms with Gasteiger partial charge in [-0.3, -0.25) is 4.68 Å². The highest BCUT2D eigenvalue weighted by atomic mass is 32.2. The fraction of sp³-hybridized carbons (Fsp3) is 0.462. The predicted octanol–water partition coefficient (Wildman–Crippen LogP) is 1.39. The third kappa shape index (κ3) is 3.91. The summed E-state index contributed by atoms with van der Waals surface area (Å²) in [5.74, 6) is 0. The van der Waals surface area contributed by atoms with Gasteiger partial charge >= 0.3 is 0 Å². The van der Waals surface area contributed by atoms with E-state index in [9.17, 15) is 8.42 Å². The van der Waals surface area contributed by atoms with E-state index in [2.05, 4.69) is 9.82 Å². The number of hydrogen-bond donors (Lipinski definition) is 2. The minimum absolute atomic E-state index is 0.236. The predicted molar refractivity (Wildman–Crippen MR) is 83.7 cm³/mol. The summed E-state index contributed by atoms with van der Waals surface area (Å²) in [4.78, 5) is 0.974. The van der Waals surface area contributed by atoms with Crippen molar-refractivity contribution >= 4 is 21.4 Å². The van der Waals surface area contributed by atoms with Crippen LogP contribution in [0.15, 0.2) is 22.4 Å². The zero-order chi connectivity index (χ0) is 15.5. The molecule has 0 aromatic carbocycles. The Balaban J connectivity index is 1.90. The smallest absolute Gasteiger partial charge is 0.241 e. The highest BCUT2D eigenvalue weighted by Gasteiger charge is 2.18. The molecule has 21 heavy (non-hydrogen) atoms. The summed E-state index contributed by atoms with van der Waals surface area (Å²) in [6.45, 7) is 5.23. The van der Waals surface area contributed by atoms with E-state index in [4.69, 9.17) is 5.73 Å². The Labute approximate surface area is 129 Å². The molecule has 0 fully saturated rings. The van der Waals surface area contributed by atoms with Gasteiger partial charge < -0.3 is 5.73 Å². The van der Waals surface area contributed by atoms with Crippen molar-refractivity contribution in [3.8, 4) is 0 Å². The summed E-state index contributed by atoms with van der Waals surface area (Å²) < 4.78 is 28.8. The van der Waals surface area contributed by atoms with Gasteiger partial charge in [-0.2, -0.15) is 5.10 Å². The van der Waals surface area contributed by atoms with Crippen molar-refractivity contribution in [3.05, 3.63) is 33.8 Å². The highest BCUT2D eigenvalue weighted by Crippen LogP contribution is 2.20. The van der Waals surface area contributed by atoms with Gasteiger partial charge in [0.05, 0.1) is 10.6 Å². The third-order valence-electron chi connectivity index (χ3n) is 3.12. The van der Waals surface area contributed by atoms with Gasteiger partial charge in [0, 0.05) is 30.2 Å². The molecule has 0 aliphatic carbocycles. The monoisotopic (exact) mass is 328 g/mol. The molecule has 0 saturated heterocycles. The topological polar surface area (TPSA) is 90.0 Å². The summed E-state index contributed by atoms with van der Waals surface area (Å²) in [7, 11) is -3.47. The second-order valence-electron chi connectivity index (χ2n) is 4.81. The molecule has 0 bridgehead atoms. The molecule has 0 atom stereocenters. The maximum Gasteiger partial charge on any atom is 0.241 e. The van der Waals surface area contributed by atoms with Crippen molar-refractivity contribution in [2.45, 2.75) is 38.3 Å². The number of hydrogen-bond acceptors (Lipinski definition) is 5. The summed E-state index contributed by atoms with van der Waals surface area (Å²) in [6, 6.07) is 3.60. The van der Waals surface area contributed by atoms with E-state index >= 15 is 0 Å². The molecular weight excluding hydrogens is 308 g/mol. The molecule has 0 spiro atoms. The van der Waals surface area contributed by atoms with Crippen molar-refractivity contribution < 1.29 is 8.42 Å². The second kappa shape index (κ2) is 6.69.